The molecule has 1 aromatic carbocycles. The van der Waals surface area contributed by atoms with E-state index in [0.29, 0.717) is 0 Å². The van der Waals surface area contributed by atoms with Crippen molar-refractivity contribution in [3.8, 4) is 5.75 Å². The third-order valence-corrected chi connectivity index (χ3v) is 3.65. The van der Waals surface area contributed by atoms with Crippen molar-refractivity contribution < 1.29 is 4.74 Å². The van der Waals surface area contributed by atoms with Crippen LogP contribution in [0.15, 0.2) is 24.3 Å². The van der Waals surface area contributed by atoms with Gasteiger partial charge in [-0.05, 0) is 37.6 Å². The predicted octanol–water partition coefficient (Wildman–Crippen LogP) is 3.75. The maximum Gasteiger partial charge on any atom is 0.119 e. The Morgan fingerprint density at radius 1 is 1.17 bits per heavy atom. The highest BCUT2D eigenvalue weighted by molar-refractivity contribution is 5.34. The Hall–Kier alpha value is -1.02. The molecule has 2 nitrogen and oxygen atoms in total. The van der Waals surface area contributed by atoms with E-state index in [1.165, 1.54) is 31.2 Å². The highest BCUT2D eigenvalue weighted by Gasteiger charge is 2.29. The molecule has 1 N–H and O–H groups in total. The standard InChI is InChI=1S/C16H27NO/c1-5-10-16(11-6-2,13-17-3)14-8-7-9-15(12-14)18-4/h7-9,12,17H,5-6,10-11,13H2,1-4H3. The van der Waals surface area contributed by atoms with Crippen molar-refractivity contribution in [3.63, 3.8) is 0 Å². The molecule has 0 heterocycles. The molecule has 0 aliphatic carbocycles. The van der Waals surface area contributed by atoms with Crippen molar-refractivity contribution in [2.75, 3.05) is 20.7 Å². The molecule has 0 spiro atoms. The van der Waals surface area contributed by atoms with E-state index in [4.69, 9.17) is 4.74 Å². The highest BCUT2D eigenvalue weighted by Crippen LogP contribution is 2.35. The molecule has 1 rings (SSSR count). The Morgan fingerprint density at radius 2 is 1.83 bits per heavy atom. The fraction of sp³-hybridized carbons (Fsp3) is 0.625. The first-order chi connectivity index (χ1) is 8.72. The van der Waals surface area contributed by atoms with E-state index in [2.05, 4.69) is 37.4 Å². The van der Waals surface area contributed by atoms with Crippen molar-refractivity contribution in [2.24, 2.45) is 0 Å². The van der Waals surface area contributed by atoms with Gasteiger partial charge in [0.05, 0.1) is 7.11 Å². The number of nitrogens with one attached hydrogen (secondary N) is 1. The van der Waals surface area contributed by atoms with Gasteiger partial charge in [0.15, 0.2) is 0 Å². The van der Waals surface area contributed by atoms with Crippen molar-refractivity contribution in [1.29, 1.82) is 0 Å². The van der Waals surface area contributed by atoms with E-state index in [9.17, 15) is 0 Å². The van der Waals surface area contributed by atoms with Gasteiger partial charge in [-0.15, -0.1) is 0 Å². The number of ether oxygens (including phenoxy) is 1. The molecular formula is C16H27NO. The first-order valence-corrected chi connectivity index (χ1v) is 7.01. The third kappa shape index (κ3) is 3.49. The predicted molar refractivity (Wildman–Crippen MR) is 78.4 cm³/mol. The quantitative estimate of drug-likeness (QED) is 0.757. The maximum absolute atomic E-state index is 5.36. The molecule has 18 heavy (non-hydrogen) atoms. The van der Waals surface area contributed by atoms with E-state index in [0.717, 1.165) is 12.3 Å². The third-order valence-electron chi connectivity index (χ3n) is 3.65. The molecule has 0 atom stereocenters. The van der Waals surface area contributed by atoms with E-state index >= 15 is 0 Å². The second-order valence-electron chi connectivity index (χ2n) is 5.04. The van der Waals surface area contributed by atoms with Crippen LogP contribution in [-0.4, -0.2) is 20.7 Å². The van der Waals surface area contributed by atoms with Crippen LogP contribution in [0.25, 0.3) is 0 Å². The summed E-state index contributed by atoms with van der Waals surface area (Å²) in [6.45, 7) is 5.56. The zero-order valence-electron chi connectivity index (χ0n) is 12.3. The van der Waals surface area contributed by atoms with Gasteiger partial charge in [-0.3, -0.25) is 0 Å². The van der Waals surface area contributed by atoms with Gasteiger partial charge in [0.25, 0.3) is 0 Å². The van der Waals surface area contributed by atoms with E-state index < -0.39 is 0 Å². The fourth-order valence-electron chi connectivity index (χ4n) is 2.94. The second kappa shape index (κ2) is 7.42. The average molecular weight is 249 g/mol. The van der Waals surface area contributed by atoms with Crippen LogP contribution in [-0.2, 0) is 5.41 Å². The summed E-state index contributed by atoms with van der Waals surface area (Å²) in [5.41, 5.74) is 1.65. The summed E-state index contributed by atoms with van der Waals surface area (Å²) in [4.78, 5) is 0. The molecule has 0 aliphatic heterocycles. The van der Waals surface area contributed by atoms with Gasteiger partial charge in [-0.1, -0.05) is 38.8 Å². The molecule has 102 valence electrons. The van der Waals surface area contributed by atoms with Crippen LogP contribution in [0.4, 0.5) is 0 Å². The van der Waals surface area contributed by atoms with Crippen molar-refractivity contribution in [2.45, 2.75) is 44.9 Å². The zero-order chi connectivity index (χ0) is 13.4. The Labute approximate surface area is 112 Å². The summed E-state index contributed by atoms with van der Waals surface area (Å²) < 4.78 is 5.36. The molecule has 0 radical (unpaired) electrons. The SMILES string of the molecule is CCCC(CCC)(CNC)c1cccc(OC)c1. The smallest absolute Gasteiger partial charge is 0.119 e. The number of hydrogen-bond donors (Lipinski definition) is 1. The Bertz CT molecular complexity index is 332. The summed E-state index contributed by atoms with van der Waals surface area (Å²) in [6, 6.07) is 8.56. The van der Waals surface area contributed by atoms with Crippen LogP contribution in [0.5, 0.6) is 5.75 Å². The van der Waals surface area contributed by atoms with Crippen LogP contribution >= 0.6 is 0 Å². The van der Waals surface area contributed by atoms with E-state index in [1.54, 1.807) is 7.11 Å². The molecule has 0 saturated carbocycles. The van der Waals surface area contributed by atoms with Crippen LogP contribution < -0.4 is 10.1 Å². The average Bonchev–Trinajstić information content (AvgIpc) is 2.39. The number of methoxy groups -OCH3 is 1. The molecule has 0 aliphatic rings. The second-order valence-corrected chi connectivity index (χ2v) is 5.04. The number of rotatable bonds is 8. The van der Waals surface area contributed by atoms with Crippen LogP contribution in [0.3, 0.4) is 0 Å². The first kappa shape index (κ1) is 15.0. The molecule has 0 unspecified atom stereocenters. The maximum atomic E-state index is 5.36. The van der Waals surface area contributed by atoms with E-state index in [-0.39, 0.29) is 5.41 Å². The molecule has 0 fully saturated rings. The lowest BCUT2D eigenvalue weighted by atomic mass is 9.73. The van der Waals surface area contributed by atoms with Gasteiger partial charge in [0.1, 0.15) is 5.75 Å². The minimum absolute atomic E-state index is 0.243. The van der Waals surface area contributed by atoms with Gasteiger partial charge in [0, 0.05) is 12.0 Å². The minimum atomic E-state index is 0.243. The summed E-state index contributed by atoms with van der Waals surface area (Å²) >= 11 is 0. The Morgan fingerprint density at radius 3 is 2.33 bits per heavy atom. The first-order valence-electron chi connectivity index (χ1n) is 7.01. The molecule has 0 amide bonds. The van der Waals surface area contributed by atoms with Gasteiger partial charge < -0.3 is 10.1 Å². The van der Waals surface area contributed by atoms with Crippen molar-refractivity contribution >= 4 is 0 Å². The minimum Gasteiger partial charge on any atom is -0.497 e. The Kier molecular flexibility index (Phi) is 6.20. The summed E-state index contributed by atoms with van der Waals surface area (Å²) in [5.74, 6) is 0.959. The molecule has 0 bridgehead atoms. The van der Waals surface area contributed by atoms with E-state index in [1.807, 2.05) is 13.1 Å². The van der Waals surface area contributed by atoms with Crippen LogP contribution in [0, 0.1) is 0 Å². The lowest BCUT2D eigenvalue weighted by Gasteiger charge is -2.34. The van der Waals surface area contributed by atoms with Gasteiger partial charge in [-0.2, -0.15) is 0 Å². The molecule has 2 heteroatoms. The van der Waals surface area contributed by atoms with Crippen molar-refractivity contribution in [1.82, 2.24) is 5.32 Å². The van der Waals surface area contributed by atoms with Crippen LogP contribution in [0.2, 0.25) is 0 Å². The largest absolute Gasteiger partial charge is 0.497 e. The lowest BCUT2D eigenvalue weighted by molar-refractivity contribution is 0.341. The highest BCUT2D eigenvalue weighted by atomic mass is 16.5. The number of likely N-dealkylation sites (N-methyl/N-ethyl adjacent to an activating group) is 1. The van der Waals surface area contributed by atoms with Gasteiger partial charge >= 0.3 is 0 Å². The number of benzene rings is 1. The molecule has 0 saturated heterocycles. The summed E-state index contributed by atoms with van der Waals surface area (Å²) in [5, 5.41) is 3.37. The normalized spacial score (nSPS) is 11.6. The lowest BCUT2D eigenvalue weighted by Crippen LogP contribution is -2.36. The van der Waals surface area contributed by atoms with Crippen LogP contribution in [0.1, 0.15) is 45.1 Å². The van der Waals surface area contributed by atoms with Gasteiger partial charge in [-0.25, -0.2) is 0 Å². The monoisotopic (exact) mass is 249 g/mol. The van der Waals surface area contributed by atoms with Crippen molar-refractivity contribution in [3.05, 3.63) is 29.8 Å². The summed E-state index contributed by atoms with van der Waals surface area (Å²) in [7, 11) is 3.78. The number of hydrogen-bond acceptors (Lipinski definition) is 2. The molecule has 1 aromatic rings. The Balaban J connectivity index is 3.12. The summed E-state index contributed by atoms with van der Waals surface area (Å²) in [6.07, 6.45) is 4.85. The topological polar surface area (TPSA) is 21.3 Å². The fourth-order valence-corrected chi connectivity index (χ4v) is 2.94. The zero-order valence-corrected chi connectivity index (χ0v) is 12.3. The van der Waals surface area contributed by atoms with Gasteiger partial charge in [0.2, 0.25) is 0 Å². The molecular weight excluding hydrogens is 222 g/mol. The molecule has 0 aromatic heterocycles.